The van der Waals surface area contributed by atoms with Crippen LogP contribution in [0.5, 0.6) is 0 Å². The molecular weight excluding hydrogens is 262 g/mol. The Hall–Kier alpha value is -0.350. The molecule has 0 radical (unpaired) electrons. The lowest BCUT2D eigenvalue weighted by Gasteiger charge is -2.15. The lowest BCUT2D eigenvalue weighted by molar-refractivity contribution is -0.122. The van der Waals surface area contributed by atoms with Crippen LogP contribution in [0.25, 0.3) is 0 Å². The number of thiophene rings is 1. The molecule has 0 atom stereocenters. The third-order valence-electron chi connectivity index (χ3n) is 1.76. The lowest BCUT2D eigenvalue weighted by atomic mass is 10.2. The summed E-state index contributed by atoms with van der Waals surface area (Å²) in [5.41, 5.74) is 0. The van der Waals surface area contributed by atoms with E-state index in [1.165, 1.54) is 9.75 Å². The number of nitrogens with one attached hydrogen (secondary N) is 1. The molecule has 0 aliphatic heterocycles. The van der Waals surface area contributed by atoms with Crippen molar-refractivity contribution in [3.05, 3.63) is 21.9 Å². The average Bonchev–Trinajstić information content (AvgIpc) is 2.45. The van der Waals surface area contributed by atoms with Gasteiger partial charge in [0.15, 0.2) is 0 Å². The topological polar surface area (TPSA) is 29.1 Å². The Morgan fingerprint density at radius 2 is 2.21 bits per heavy atom. The minimum atomic E-state index is -0.487. The Labute approximate surface area is 96.8 Å². The van der Waals surface area contributed by atoms with Crippen molar-refractivity contribution in [2.45, 2.75) is 31.6 Å². The van der Waals surface area contributed by atoms with Crippen LogP contribution in [-0.2, 0) is 11.3 Å². The minimum Gasteiger partial charge on any atom is -0.350 e. The van der Waals surface area contributed by atoms with E-state index in [-0.39, 0.29) is 5.91 Å². The van der Waals surface area contributed by atoms with E-state index in [0.717, 1.165) is 0 Å². The molecular formula is C10H14BrNOS. The average molecular weight is 276 g/mol. The molecule has 1 aromatic heterocycles. The zero-order valence-corrected chi connectivity index (χ0v) is 11.0. The summed E-state index contributed by atoms with van der Waals surface area (Å²) < 4.78 is -0.487. The summed E-state index contributed by atoms with van der Waals surface area (Å²) in [6, 6.07) is 4.10. The predicted molar refractivity (Wildman–Crippen MR) is 63.9 cm³/mol. The van der Waals surface area contributed by atoms with E-state index in [1.807, 2.05) is 19.9 Å². The Kier molecular flexibility index (Phi) is 3.72. The highest BCUT2D eigenvalue weighted by atomic mass is 79.9. The second-order valence-corrected chi connectivity index (χ2v) is 7.02. The highest BCUT2D eigenvalue weighted by Crippen LogP contribution is 2.17. The van der Waals surface area contributed by atoms with E-state index in [9.17, 15) is 4.79 Å². The molecule has 1 amide bonds. The van der Waals surface area contributed by atoms with Gasteiger partial charge < -0.3 is 5.32 Å². The van der Waals surface area contributed by atoms with Gasteiger partial charge in [0.1, 0.15) is 0 Å². The van der Waals surface area contributed by atoms with Crippen molar-refractivity contribution >= 4 is 33.2 Å². The number of carbonyl (C=O) groups is 1. The van der Waals surface area contributed by atoms with Gasteiger partial charge in [-0.05, 0) is 32.9 Å². The first kappa shape index (κ1) is 11.7. The third kappa shape index (κ3) is 3.42. The number of hydrogen-bond acceptors (Lipinski definition) is 2. The minimum absolute atomic E-state index is 0.0172. The first-order valence-corrected chi connectivity index (χ1v) is 6.03. The van der Waals surface area contributed by atoms with Crippen LogP contribution in [0.2, 0.25) is 0 Å². The molecule has 0 spiro atoms. The summed E-state index contributed by atoms with van der Waals surface area (Å²) in [5, 5.41) is 2.88. The summed E-state index contributed by atoms with van der Waals surface area (Å²) in [6.45, 7) is 6.35. The molecule has 4 heteroatoms. The number of aryl methyl sites for hydroxylation is 1. The van der Waals surface area contributed by atoms with Crippen LogP contribution >= 0.6 is 27.3 Å². The molecule has 78 valence electrons. The van der Waals surface area contributed by atoms with Crippen molar-refractivity contribution in [3.8, 4) is 0 Å². The molecule has 0 saturated heterocycles. The first-order valence-electron chi connectivity index (χ1n) is 4.42. The van der Waals surface area contributed by atoms with E-state index in [2.05, 4.69) is 34.2 Å². The standard InChI is InChI=1S/C10H14BrNOS/c1-7-4-5-8(14-7)6-12-9(13)10(2,3)11/h4-5H,6H2,1-3H3,(H,12,13). The molecule has 0 unspecified atom stereocenters. The van der Waals surface area contributed by atoms with Crippen molar-refractivity contribution in [3.63, 3.8) is 0 Å². The van der Waals surface area contributed by atoms with E-state index in [0.29, 0.717) is 6.54 Å². The van der Waals surface area contributed by atoms with Gasteiger partial charge in [-0.3, -0.25) is 4.79 Å². The molecule has 0 fully saturated rings. The maximum absolute atomic E-state index is 11.5. The van der Waals surface area contributed by atoms with Crippen LogP contribution in [-0.4, -0.2) is 10.2 Å². The molecule has 2 nitrogen and oxygen atoms in total. The maximum Gasteiger partial charge on any atom is 0.236 e. The number of carbonyl (C=O) groups excluding carboxylic acids is 1. The predicted octanol–water partition coefficient (Wildman–Crippen LogP) is 2.85. The van der Waals surface area contributed by atoms with Crippen LogP contribution < -0.4 is 5.32 Å². The fourth-order valence-corrected chi connectivity index (χ4v) is 1.93. The highest BCUT2D eigenvalue weighted by molar-refractivity contribution is 9.10. The van der Waals surface area contributed by atoms with Crippen molar-refractivity contribution in [2.24, 2.45) is 0 Å². The normalized spacial score (nSPS) is 11.4. The highest BCUT2D eigenvalue weighted by Gasteiger charge is 2.22. The van der Waals surface area contributed by atoms with Crippen molar-refractivity contribution in [1.29, 1.82) is 0 Å². The van der Waals surface area contributed by atoms with Crippen LogP contribution in [0.15, 0.2) is 12.1 Å². The number of halogens is 1. The molecule has 0 bridgehead atoms. The van der Waals surface area contributed by atoms with Gasteiger partial charge in [-0.25, -0.2) is 0 Å². The van der Waals surface area contributed by atoms with E-state index in [4.69, 9.17) is 0 Å². The molecule has 14 heavy (non-hydrogen) atoms. The van der Waals surface area contributed by atoms with E-state index in [1.54, 1.807) is 11.3 Å². The van der Waals surface area contributed by atoms with Gasteiger partial charge in [-0.1, -0.05) is 15.9 Å². The molecule has 1 N–H and O–H groups in total. The maximum atomic E-state index is 11.5. The van der Waals surface area contributed by atoms with Crippen molar-refractivity contribution in [2.75, 3.05) is 0 Å². The summed E-state index contributed by atoms with van der Waals surface area (Å²) in [6.07, 6.45) is 0. The summed E-state index contributed by atoms with van der Waals surface area (Å²) in [7, 11) is 0. The fraction of sp³-hybridized carbons (Fsp3) is 0.500. The number of hydrogen-bond donors (Lipinski definition) is 1. The molecule has 1 rings (SSSR count). The Bertz CT molecular complexity index is 327. The summed E-state index contributed by atoms with van der Waals surface area (Å²) >= 11 is 5.02. The first-order chi connectivity index (χ1) is 6.39. The zero-order valence-electron chi connectivity index (χ0n) is 8.56. The van der Waals surface area contributed by atoms with Gasteiger partial charge >= 0.3 is 0 Å². The monoisotopic (exact) mass is 275 g/mol. The SMILES string of the molecule is Cc1ccc(CNC(=O)C(C)(C)Br)s1. The molecule has 0 saturated carbocycles. The summed E-state index contributed by atoms with van der Waals surface area (Å²) in [5.74, 6) is 0.0172. The molecule has 0 aromatic carbocycles. The van der Waals surface area contributed by atoms with Crippen LogP contribution in [0.4, 0.5) is 0 Å². The van der Waals surface area contributed by atoms with Crippen molar-refractivity contribution < 1.29 is 4.79 Å². The smallest absolute Gasteiger partial charge is 0.236 e. The zero-order chi connectivity index (χ0) is 10.8. The number of alkyl halides is 1. The van der Waals surface area contributed by atoms with Gasteiger partial charge in [0.25, 0.3) is 0 Å². The van der Waals surface area contributed by atoms with Gasteiger partial charge in [0, 0.05) is 9.75 Å². The summed E-state index contributed by atoms with van der Waals surface area (Å²) in [4.78, 5) is 13.9. The van der Waals surface area contributed by atoms with Gasteiger partial charge in [0.2, 0.25) is 5.91 Å². The van der Waals surface area contributed by atoms with Crippen LogP contribution in [0, 0.1) is 6.92 Å². The largest absolute Gasteiger partial charge is 0.350 e. The van der Waals surface area contributed by atoms with E-state index >= 15 is 0 Å². The molecule has 1 aromatic rings. The van der Waals surface area contributed by atoms with Gasteiger partial charge in [-0.15, -0.1) is 11.3 Å². The Morgan fingerprint density at radius 3 is 2.64 bits per heavy atom. The number of amides is 1. The second kappa shape index (κ2) is 4.45. The molecule has 0 aliphatic carbocycles. The van der Waals surface area contributed by atoms with Gasteiger partial charge in [-0.2, -0.15) is 0 Å². The van der Waals surface area contributed by atoms with Crippen LogP contribution in [0.1, 0.15) is 23.6 Å². The quantitative estimate of drug-likeness (QED) is 0.845. The molecule has 1 heterocycles. The Morgan fingerprint density at radius 1 is 1.57 bits per heavy atom. The number of rotatable bonds is 3. The molecule has 0 aliphatic rings. The van der Waals surface area contributed by atoms with E-state index < -0.39 is 4.32 Å². The Balaban J connectivity index is 2.46. The third-order valence-corrected chi connectivity index (χ3v) is 3.12. The van der Waals surface area contributed by atoms with Crippen molar-refractivity contribution in [1.82, 2.24) is 5.32 Å². The fourth-order valence-electron chi connectivity index (χ4n) is 0.958. The second-order valence-electron chi connectivity index (χ2n) is 3.67. The van der Waals surface area contributed by atoms with Gasteiger partial charge in [0.05, 0.1) is 10.9 Å². The lowest BCUT2D eigenvalue weighted by Crippen LogP contribution is -2.36. The van der Waals surface area contributed by atoms with Crippen LogP contribution in [0.3, 0.4) is 0 Å².